The van der Waals surface area contributed by atoms with Gasteiger partial charge in [0, 0.05) is 18.3 Å². The molecular formula is C14H22BrNO3. The van der Waals surface area contributed by atoms with Crippen molar-refractivity contribution in [3.63, 3.8) is 0 Å². The van der Waals surface area contributed by atoms with Crippen molar-refractivity contribution >= 4 is 27.8 Å². The number of carboxylic acids is 1. The van der Waals surface area contributed by atoms with Crippen molar-refractivity contribution < 1.29 is 14.7 Å². The van der Waals surface area contributed by atoms with E-state index < -0.39 is 12.0 Å². The summed E-state index contributed by atoms with van der Waals surface area (Å²) in [5.74, 6) is -0.0896. The van der Waals surface area contributed by atoms with E-state index >= 15 is 0 Å². The summed E-state index contributed by atoms with van der Waals surface area (Å²) in [7, 11) is 0. The maximum Gasteiger partial charge on any atom is 0.326 e. The van der Waals surface area contributed by atoms with Crippen molar-refractivity contribution in [2.45, 2.75) is 51.0 Å². The molecule has 0 bridgehead atoms. The molecule has 1 N–H and O–H groups in total. The third-order valence-corrected chi connectivity index (χ3v) is 5.32. The van der Waals surface area contributed by atoms with Gasteiger partial charge in [-0.15, -0.1) is 0 Å². The fourth-order valence-corrected chi connectivity index (χ4v) is 3.75. The lowest BCUT2D eigenvalue weighted by atomic mass is 9.84. The van der Waals surface area contributed by atoms with E-state index in [4.69, 9.17) is 0 Å². The lowest BCUT2D eigenvalue weighted by Crippen LogP contribution is -2.43. The second-order valence-electron chi connectivity index (χ2n) is 5.86. The van der Waals surface area contributed by atoms with Crippen LogP contribution in [0.4, 0.5) is 0 Å². The number of aliphatic carboxylic acids is 1. The SMILES string of the molecule is O=C(O)[C@H](CC1CCCCC1)N1CC(CBr)CC1=O. The number of nitrogens with zero attached hydrogens (tertiary/aromatic N) is 1. The number of hydrogen-bond donors (Lipinski definition) is 1. The summed E-state index contributed by atoms with van der Waals surface area (Å²) in [5.41, 5.74) is 0. The number of alkyl halides is 1. The summed E-state index contributed by atoms with van der Waals surface area (Å²) in [4.78, 5) is 25.1. The Hall–Kier alpha value is -0.580. The average molecular weight is 332 g/mol. The van der Waals surface area contributed by atoms with E-state index in [1.165, 1.54) is 19.3 Å². The normalized spacial score (nSPS) is 26.7. The molecule has 1 aliphatic carbocycles. The Morgan fingerprint density at radius 3 is 2.53 bits per heavy atom. The van der Waals surface area contributed by atoms with E-state index in [0.29, 0.717) is 25.3 Å². The van der Waals surface area contributed by atoms with Crippen LogP contribution < -0.4 is 0 Å². The van der Waals surface area contributed by atoms with Gasteiger partial charge in [-0.1, -0.05) is 48.0 Å². The van der Waals surface area contributed by atoms with Gasteiger partial charge in [0.25, 0.3) is 0 Å². The Bertz CT molecular complexity index is 342. The Labute approximate surface area is 122 Å². The third-order valence-electron chi connectivity index (χ3n) is 4.40. The molecule has 5 heteroatoms. The maximum absolute atomic E-state index is 12.0. The topological polar surface area (TPSA) is 57.6 Å². The zero-order valence-electron chi connectivity index (χ0n) is 11.2. The van der Waals surface area contributed by atoms with E-state index in [-0.39, 0.29) is 11.8 Å². The highest BCUT2D eigenvalue weighted by atomic mass is 79.9. The van der Waals surface area contributed by atoms with Gasteiger partial charge >= 0.3 is 5.97 Å². The molecule has 2 fully saturated rings. The highest BCUT2D eigenvalue weighted by Crippen LogP contribution is 2.31. The Morgan fingerprint density at radius 1 is 1.32 bits per heavy atom. The number of carbonyl (C=O) groups excluding carboxylic acids is 1. The van der Waals surface area contributed by atoms with Crippen molar-refractivity contribution in [1.82, 2.24) is 4.90 Å². The van der Waals surface area contributed by atoms with Gasteiger partial charge in [-0.05, 0) is 18.3 Å². The van der Waals surface area contributed by atoms with Crippen LogP contribution in [0.1, 0.15) is 44.9 Å². The van der Waals surface area contributed by atoms with Crippen molar-refractivity contribution in [1.29, 1.82) is 0 Å². The van der Waals surface area contributed by atoms with Gasteiger partial charge in [0.1, 0.15) is 6.04 Å². The Morgan fingerprint density at radius 2 is 2.00 bits per heavy atom. The molecule has 1 heterocycles. The largest absolute Gasteiger partial charge is 0.480 e. The number of likely N-dealkylation sites (tertiary alicyclic amines) is 1. The standard InChI is InChI=1S/C14H22BrNO3/c15-8-11-7-13(17)16(9-11)12(14(18)19)6-10-4-2-1-3-5-10/h10-12H,1-9H2,(H,18,19)/t11?,12-/m0/s1. The summed E-state index contributed by atoms with van der Waals surface area (Å²) in [6, 6.07) is -0.611. The van der Waals surface area contributed by atoms with E-state index in [2.05, 4.69) is 15.9 Å². The molecule has 108 valence electrons. The molecular weight excluding hydrogens is 310 g/mol. The number of rotatable bonds is 5. The van der Waals surface area contributed by atoms with Crippen LogP contribution in [0.15, 0.2) is 0 Å². The van der Waals surface area contributed by atoms with Crippen LogP contribution in [-0.2, 0) is 9.59 Å². The van der Waals surface area contributed by atoms with Crippen LogP contribution in [0.3, 0.4) is 0 Å². The number of carbonyl (C=O) groups is 2. The molecule has 1 unspecified atom stereocenters. The minimum absolute atomic E-state index is 0.00709. The van der Waals surface area contributed by atoms with Crippen LogP contribution in [0.5, 0.6) is 0 Å². The lowest BCUT2D eigenvalue weighted by Gasteiger charge is -2.30. The number of hydrogen-bond acceptors (Lipinski definition) is 2. The molecule has 1 aliphatic heterocycles. The van der Waals surface area contributed by atoms with E-state index in [9.17, 15) is 14.7 Å². The summed E-state index contributed by atoms with van der Waals surface area (Å²) in [6.45, 7) is 0.591. The number of amides is 1. The first-order chi connectivity index (χ1) is 9.11. The molecule has 0 aromatic heterocycles. The summed E-state index contributed by atoms with van der Waals surface area (Å²) in [6.07, 6.45) is 7.03. The molecule has 1 saturated carbocycles. The molecule has 1 saturated heterocycles. The fraction of sp³-hybridized carbons (Fsp3) is 0.857. The second kappa shape index (κ2) is 6.73. The minimum atomic E-state index is -0.839. The zero-order valence-corrected chi connectivity index (χ0v) is 12.8. The quantitative estimate of drug-likeness (QED) is 0.788. The molecule has 0 radical (unpaired) electrons. The van der Waals surface area contributed by atoms with E-state index in [1.54, 1.807) is 4.90 Å². The molecule has 0 spiro atoms. The number of halogens is 1. The average Bonchev–Trinajstić information content (AvgIpc) is 2.78. The van der Waals surface area contributed by atoms with Gasteiger partial charge in [0.2, 0.25) is 5.91 Å². The summed E-state index contributed by atoms with van der Waals surface area (Å²) < 4.78 is 0. The Kier molecular flexibility index (Phi) is 5.25. The molecule has 4 nitrogen and oxygen atoms in total. The monoisotopic (exact) mass is 331 g/mol. The predicted molar refractivity (Wildman–Crippen MR) is 76.2 cm³/mol. The van der Waals surface area contributed by atoms with Crippen molar-refractivity contribution in [3.05, 3.63) is 0 Å². The van der Waals surface area contributed by atoms with Gasteiger partial charge in [-0.25, -0.2) is 4.79 Å². The van der Waals surface area contributed by atoms with Crippen LogP contribution >= 0.6 is 15.9 Å². The van der Waals surface area contributed by atoms with Gasteiger partial charge in [0.15, 0.2) is 0 Å². The molecule has 19 heavy (non-hydrogen) atoms. The van der Waals surface area contributed by atoms with Gasteiger partial charge in [-0.3, -0.25) is 4.79 Å². The smallest absolute Gasteiger partial charge is 0.326 e. The zero-order chi connectivity index (χ0) is 13.8. The summed E-state index contributed by atoms with van der Waals surface area (Å²) in [5, 5.41) is 10.2. The molecule has 1 amide bonds. The minimum Gasteiger partial charge on any atom is -0.480 e. The molecule has 0 aromatic rings. The first kappa shape index (κ1) is 14.8. The molecule has 2 aliphatic rings. The van der Waals surface area contributed by atoms with Crippen molar-refractivity contribution in [2.24, 2.45) is 11.8 Å². The van der Waals surface area contributed by atoms with E-state index in [1.807, 2.05) is 0 Å². The first-order valence-corrected chi connectivity index (χ1v) is 8.32. The van der Waals surface area contributed by atoms with Crippen molar-refractivity contribution in [2.75, 3.05) is 11.9 Å². The van der Waals surface area contributed by atoms with Crippen LogP contribution in [0.25, 0.3) is 0 Å². The van der Waals surface area contributed by atoms with Crippen LogP contribution in [-0.4, -0.2) is 39.8 Å². The fourth-order valence-electron chi connectivity index (χ4n) is 3.31. The highest BCUT2D eigenvalue weighted by molar-refractivity contribution is 9.09. The van der Waals surface area contributed by atoms with Gasteiger partial charge in [-0.2, -0.15) is 0 Å². The molecule has 2 atom stereocenters. The van der Waals surface area contributed by atoms with Gasteiger partial charge in [0.05, 0.1) is 0 Å². The highest BCUT2D eigenvalue weighted by Gasteiger charge is 2.38. The summed E-state index contributed by atoms with van der Waals surface area (Å²) >= 11 is 3.39. The van der Waals surface area contributed by atoms with Crippen LogP contribution in [0, 0.1) is 11.8 Å². The second-order valence-corrected chi connectivity index (χ2v) is 6.51. The van der Waals surface area contributed by atoms with Crippen molar-refractivity contribution in [3.8, 4) is 0 Å². The first-order valence-electron chi connectivity index (χ1n) is 7.20. The lowest BCUT2D eigenvalue weighted by molar-refractivity contribution is -0.149. The molecule has 0 aromatic carbocycles. The molecule has 2 rings (SSSR count). The van der Waals surface area contributed by atoms with E-state index in [0.717, 1.165) is 18.2 Å². The maximum atomic E-state index is 12.0. The van der Waals surface area contributed by atoms with Crippen LogP contribution in [0.2, 0.25) is 0 Å². The van der Waals surface area contributed by atoms with Gasteiger partial charge < -0.3 is 10.0 Å². The third kappa shape index (κ3) is 3.71. The Balaban J connectivity index is 1.99. The predicted octanol–water partition coefficient (Wildman–Crippen LogP) is 2.65. The number of carboxylic acid groups (broad SMARTS) is 1.